The molecule has 2 rings (SSSR count). The van der Waals surface area contributed by atoms with Crippen LogP contribution in [-0.4, -0.2) is 35.3 Å². The first-order valence-corrected chi connectivity index (χ1v) is 7.69. The zero-order valence-corrected chi connectivity index (χ0v) is 13.5. The third-order valence-electron chi connectivity index (χ3n) is 3.58. The van der Waals surface area contributed by atoms with Crippen LogP contribution < -0.4 is 15.8 Å². The van der Waals surface area contributed by atoms with Gasteiger partial charge in [0.1, 0.15) is 18.1 Å². The van der Waals surface area contributed by atoms with E-state index in [0.717, 1.165) is 5.56 Å². The zero-order chi connectivity index (χ0) is 17.5. The third kappa shape index (κ3) is 4.97. The molecule has 5 N–H and O–H groups in total. The predicted octanol–water partition coefficient (Wildman–Crippen LogP) is 1.58. The van der Waals surface area contributed by atoms with Gasteiger partial charge in [-0.25, -0.2) is 0 Å². The number of nitrogens with two attached hydrogens (primary N) is 1. The Kier molecular flexibility index (Phi) is 6.17. The Bertz CT molecular complexity index is 676. The van der Waals surface area contributed by atoms with Gasteiger partial charge >= 0.3 is 0 Å². The molecule has 0 saturated carbocycles. The number of primary amides is 1. The van der Waals surface area contributed by atoms with Gasteiger partial charge in [0, 0.05) is 12.6 Å². The smallest absolute Gasteiger partial charge is 0.252 e. The van der Waals surface area contributed by atoms with Gasteiger partial charge in [-0.2, -0.15) is 0 Å². The highest BCUT2D eigenvalue weighted by atomic mass is 16.5. The third-order valence-corrected chi connectivity index (χ3v) is 3.58. The van der Waals surface area contributed by atoms with Crippen LogP contribution in [0.25, 0.3) is 0 Å². The van der Waals surface area contributed by atoms with Crippen LogP contribution in [0.15, 0.2) is 48.5 Å². The fraction of sp³-hybridized carbons (Fsp3) is 0.278. The Morgan fingerprint density at radius 2 is 1.96 bits per heavy atom. The summed E-state index contributed by atoms with van der Waals surface area (Å²) in [7, 11) is 0. The molecule has 24 heavy (non-hydrogen) atoms. The first kappa shape index (κ1) is 17.8. The van der Waals surface area contributed by atoms with Crippen LogP contribution in [0.3, 0.4) is 0 Å². The minimum absolute atomic E-state index is 0.0193. The molecule has 0 spiro atoms. The van der Waals surface area contributed by atoms with Crippen molar-refractivity contribution in [3.8, 4) is 11.5 Å². The number of ether oxygens (including phenoxy) is 1. The number of benzene rings is 2. The van der Waals surface area contributed by atoms with Crippen molar-refractivity contribution in [3.63, 3.8) is 0 Å². The molecule has 128 valence electrons. The van der Waals surface area contributed by atoms with E-state index < -0.39 is 12.0 Å². The molecular weight excluding hydrogens is 308 g/mol. The quantitative estimate of drug-likeness (QED) is 0.588. The first-order valence-electron chi connectivity index (χ1n) is 7.69. The number of hydrogen-bond acceptors (Lipinski definition) is 5. The van der Waals surface area contributed by atoms with Crippen LogP contribution in [0.4, 0.5) is 0 Å². The van der Waals surface area contributed by atoms with Crippen molar-refractivity contribution in [1.82, 2.24) is 5.32 Å². The van der Waals surface area contributed by atoms with Gasteiger partial charge in [0.25, 0.3) is 5.91 Å². The van der Waals surface area contributed by atoms with E-state index in [1.807, 2.05) is 37.3 Å². The maximum absolute atomic E-state index is 11.2. The highest BCUT2D eigenvalue weighted by molar-refractivity contribution is 5.95. The molecule has 0 radical (unpaired) electrons. The fourth-order valence-electron chi connectivity index (χ4n) is 2.19. The number of nitrogens with one attached hydrogen (secondary N) is 1. The van der Waals surface area contributed by atoms with Crippen LogP contribution in [0, 0.1) is 0 Å². The Labute approximate surface area is 140 Å². The summed E-state index contributed by atoms with van der Waals surface area (Å²) in [4.78, 5) is 11.2. The molecule has 1 amide bonds. The van der Waals surface area contributed by atoms with Gasteiger partial charge in [-0.15, -0.1) is 0 Å². The van der Waals surface area contributed by atoms with Crippen molar-refractivity contribution >= 4 is 5.91 Å². The van der Waals surface area contributed by atoms with E-state index >= 15 is 0 Å². The highest BCUT2D eigenvalue weighted by Gasteiger charge is 2.11. The van der Waals surface area contributed by atoms with Crippen molar-refractivity contribution in [1.29, 1.82) is 0 Å². The number of aliphatic hydroxyl groups excluding tert-OH is 1. The van der Waals surface area contributed by atoms with Crippen molar-refractivity contribution in [3.05, 3.63) is 59.7 Å². The van der Waals surface area contributed by atoms with Crippen LogP contribution in [0.2, 0.25) is 0 Å². The molecule has 1 unspecified atom stereocenters. The standard InChI is InChI=1S/C18H22N2O4/c1-12(20-10-17(22)13-5-3-2-4-6-13)11-24-14-7-8-16(21)15(9-14)18(19)23/h2-9,12,17,20-22H,10-11H2,1H3,(H2,19,23)/t12?,17-/m1/s1. The number of phenols is 1. The molecule has 6 heteroatoms. The number of hydrogen-bond donors (Lipinski definition) is 4. The lowest BCUT2D eigenvalue weighted by Crippen LogP contribution is -2.34. The van der Waals surface area contributed by atoms with Crippen LogP contribution >= 0.6 is 0 Å². The average Bonchev–Trinajstić information content (AvgIpc) is 2.59. The number of carbonyl (C=O) groups excluding carboxylic acids is 1. The summed E-state index contributed by atoms with van der Waals surface area (Å²) in [6.45, 7) is 2.66. The Morgan fingerprint density at radius 3 is 2.62 bits per heavy atom. The maximum atomic E-state index is 11.2. The lowest BCUT2D eigenvalue weighted by molar-refractivity contribution is 0.0997. The normalized spacial score (nSPS) is 13.2. The fourth-order valence-corrected chi connectivity index (χ4v) is 2.19. The number of aromatic hydroxyl groups is 1. The lowest BCUT2D eigenvalue weighted by atomic mass is 10.1. The number of rotatable bonds is 8. The Morgan fingerprint density at radius 1 is 1.25 bits per heavy atom. The molecule has 0 saturated heterocycles. The van der Waals surface area contributed by atoms with Crippen molar-refractivity contribution < 1.29 is 19.7 Å². The monoisotopic (exact) mass is 330 g/mol. The van der Waals surface area contributed by atoms with E-state index in [1.54, 1.807) is 6.07 Å². The second-order valence-corrected chi connectivity index (χ2v) is 5.59. The molecule has 0 heterocycles. The van der Waals surface area contributed by atoms with E-state index in [9.17, 15) is 15.0 Å². The summed E-state index contributed by atoms with van der Waals surface area (Å²) in [5.74, 6) is -0.444. The largest absolute Gasteiger partial charge is 0.507 e. The van der Waals surface area contributed by atoms with Gasteiger partial charge in [-0.05, 0) is 30.7 Å². The highest BCUT2D eigenvalue weighted by Crippen LogP contribution is 2.22. The summed E-state index contributed by atoms with van der Waals surface area (Å²) in [6, 6.07) is 13.7. The number of amides is 1. The van der Waals surface area contributed by atoms with Crippen molar-refractivity contribution in [2.75, 3.05) is 13.2 Å². The van der Waals surface area contributed by atoms with Crippen LogP contribution in [0.1, 0.15) is 28.9 Å². The Balaban J connectivity index is 1.82. The SMILES string of the molecule is CC(COc1ccc(O)c(C(N)=O)c1)NC[C@@H](O)c1ccccc1. The van der Waals surface area contributed by atoms with E-state index in [4.69, 9.17) is 10.5 Å². The Hall–Kier alpha value is -2.57. The molecular formula is C18H22N2O4. The van der Waals surface area contributed by atoms with E-state index in [1.165, 1.54) is 12.1 Å². The van der Waals surface area contributed by atoms with E-state index in [2.05, 4.69) is 5.32 Å². The molecule has 2 aromatic rings. The summed E-state index contributed by atoms with van der Waals surface area (Å²) in [5.41, 5.74) is 6.05. The summed E-state index contributed by atoms with van der Waals surface area (Å²) < 4.78 is 5.59. The second kappa shape index (κ2) is 8.33. The summed E-state index contributed by atoms with van der Waals surface area (Å²) >= 11 is 0. The van der Waals surface area contributed by atoms with Gasteiger partial charge in [-0.1, -0.05) is 30.3 Å². The van der Waals surface area contributed by atoms with Gasteiger partial charge in [0.2, 0.25) is 0 Å². The first-order chi connectivity index (χ1) is 11.5. The van der Waals surface area contributed by atoms with Gasteiger partial charge in [0.15, 0.2) is 0 Å². The van der Waals surface area contributed by atoms with E-state index in [-0.39, 0.29) is 17.4 Å². The van der Waals surface area contributed by atoms with Gasteiger partial charge < -0.3 is 26.0 Å². The average molecular weight is 330 g/mol. The molecule has 0 aliphatic rings. The van der Waals surface area contributed by atoms with Gasteiger partial charge in [-0.3, -0.25) is 4.79 Å². The van der Waals surface area contributed by atoms with Gasteiger partial charge in [0.05, 0.1) is 11.7 Å². The minimum Gasteiger partial charge on any atom is -0.507 e. The molecule has 0 bridgehead atoms. The second-order valence-electron chi connectivity index (χ2n) is 5.59. The molecule has 0 aromatic heterocycles. The molecule has 2 aromatic carbocycles. The number of carbonyl (C=O) groups is 1. The molecule has 0 aliphatic heterocycles. The maximum Gasteiger partial charge on any atom is 0.252 e. The summed E-state index contributed by atoms with van der Waals surface area (Å²) in [6.07, 6.45) is -0.594. The van der Waals surface area contributed by atoms with Crippen molar-refractivity contribution in [2.24, 2.45) is 5.73 Å². The topological polar surface area (TPSA) is 105 Å². The zero-order valence-electron chi connectivity index (χ0n) is 13.5. The van der Waals surface area contributed by atoms with E-state index in [0.29, 0.717) is 18.9 Å². The molecule has 0 fully saturated rings. The van der Waals surface area contributed by atoms with Crippen LogP contribution in [-0.2, 0) is 0 Å². The minimum atomic E-state index is -0.713. The molecule has 0 aliphatic carbocycles. The molecule has 6 nitrogen and oxygen atoms in total. The predicted molar refractivity (Wildman–Crippen MR) is 91.0 cm³/mol. The summed E-state index contributed by atoms with van der Waals surface area (Å²) in [5, 5.41) is 22.8. The lowest BCUT2D eigenvalue weighted by Gasteiger charge is -2.18. The molecule has 2 atom stereocenters. The number of aliphatic hydroxyl groups is 1. The van der Waals surface area contributed by atoms with Crippen molar-refractivity contribution in [2.45, 2.75) is 19.1 Å². The van der Waals surface area contributed by atoms with Crippen LogP contribution in [0.5, 0.6) is 11.5 Å².